The fraction of sp³-hybridized carbons (Fsp3) is 0.600. The van der Waals surface area contributed by atoms with Crippen LogP contribution in [0.2, 0.25) is 0 Å². The standard InChI is InChI=1S/C15H19N3O2S/c16-9-13-15(11-3-1-2-4-12(11)21-13)17-14(19)10-18-5-7-20-8-6-18/h1-8,10H2,(H,17,19). The van der Waals surface area contributed by atoms with Crippen molar-refractivity contribution in [1.29, 1.82) is 5.26 Å². The number of nitrogens with zero attached hydrogens (tertiary/aromatic N) is 2. The molecule has 1 aromatic rings. The van der Waals surface area contributed by atoms with Gasteiger partial charge in [-0.2, -0.15) is 5.26 Å². The van der Waals surface area contributed by atoms with Crippen LogP contribution in [0.15, 0.2) is 0 Å². The van der Waals surface area contributed by atoms with Crippen molar-refractivity contribution < 1.29 is 9.53 Å². The van der Waals surface area contributed by atoms with Gasteiger partial charge in [-0.1, -0.05) is 0 Å². The molecule has 0 radical (unpaired) electrons. The van der Waals surface area contributed by atoms with Crippen LogP contribution in [-0.2, 0) is 22.4 Å². The average Bonchev–Trinajstić information content (AvgIpc) is 2.86. The first-order valence-electron chi connectivity index (χ1n) is 7.42. The summed E-state index contributed by atoms with van der Waals surface area (Å²) in [5.74, 6) is -0.0282. The van der Waals surface area contributed by atoms with E-state index in [1.807, 2.05) is 0 Å². The molecule has 1 fully saturated rings. The van der Waals surface area contributed by atoms with Gasteiger partial charge in [0.05, 0.1) is 25.4 Å². The number of hydrogen-bond acceptors (Lipinski definition) is 5. The Hall–Kier alpha value is -1.42. The number of hydrogen-bond donors (Lipinski definition) is 1. The third-order valence-electron chi connectivity index (χ3n) is 4.01. The van der Waals surface area contributed by atoms with Gasteiger partial charge < -0.3 is 10.1 Å². The molecule has 1 N–H and O–H groups in total. The highest BCUT2D eigenvalue weighted by Gasteiger charge is 2.23. The molecule has 2 heterocycles. The second-order valence-corrected chi connectivity index (χ2v) is 6.57. The monoisotopic (exact) mass is 305 g/mol. The van der Waals surface area contributed by atoms with Crippen LogP contribution in [0, 0.1) is 11.3 Å². The molecule has 0 spiro atoms. The summed E-state index contributed by atoms with van der Waals surface area (Å²) in [7, 11) is 0. The maximum Gasteiger partial charge on any atom is 0.238 e. The van der Waals surface area contributed by atoms with Gasteiger partial charge in [0, 0.05) is 18.0 Å². The van der Waals surface area contributed by atoms with Crippen molar-refractivity contribution in [2.24, 2.45) is 0 Å². The van der Waals surface area contributed by atoms with Crippen LogP contribution in [0.25, 0.3) is 0 Å². The van der Waals surface area contributed by atoms with E-state index in [0.29, 0.717) is 24.6 Å². The normalized spacial score (nSPS) is 18.8. The zero-order valence-corrected chi connectivity index (χ0v) is 12.8. The van der Waals surface area contributed by atoms with Gasteiger partial charge in [0.15, 0.2) is 0 Å². The van der Waals surface area contributed by atoms with Gasteiger partial charge in [0.25, 0.3) is 0 Å². The highest BCUT2D eigenvalue weighted by Crippen LogP contribution is 2.37. The Balaban J connectivity index is 1.70. The number of rotatable bonds is 3. The molecule has 1 aliphatic heterocycles. The zero-order valence-electron chi connectivity index (χ0n) is 12.0. The van der Waals surface area contributed by atoms with Crippen molar-refractivity contribution in [3.05, 3.63) is 15.3 Å². The summed E-state index contributed by atoms with van der Waals surface area (Å²) in [6.45, 7) is 3.33. The molecule has 1 saturated heterocycles. The molecule has 21 heavy (non-hydrogen) atoms. The summed E-state index contributed by atoms with van der Waals surface area (Å²) in [4.78, 5) is 16.2. The fourth-order valence-corrected chi connectivity index (χ4v) is 4.06. The minimum absolute atomic E-state index is 0.0282. The molecule has 0 saturated carbocycles. The van der Waals surface area contributed by atoms with Crippen molar-refractivity contribution >= 4 is 22.9 Å². The molecule has 0 atom stereocenters. The molecule has 3 rings (SSSR count). The molecule has 112 valence electrons. The largest absolute Gasteiger partial charge is 0.379 e. The molecular weight excluding hydrogens is 286 g/mol. The first kappa shape index (κ1) is 14.5. The van der Waals surface area contributed by atoms with Crippen LogP contribution in [-0.4, -0.2) is 43.7 Å². The molecule has 1 aromatic heterocycles. The topological polar surface area (TPSA) is 65.4 Å². The van der Waals surface area contributed by atoms with Gasteiger partial charge in [0.1, 0.15) is 10.9 Å². The van der Waals surface area contributed by atoms with E-state index < -0.39 is 0 Å². The summed E-state index contributed by atoms with van der Waals surface area (Å²) in [6, 6.07) is 2.23. The number of nitriles is 1. The maximum absolute atomic E-state index is 12.2. The van der Waals surface area contributed by atoms with E-state index >= 15 is 0 Å². The lowest BCUT2D eigenvalue weighted by Crippen LogP contribution is -2.41. The van der Waals surface area contributed by atoms with Crippen LogP contribution >= 0.6 is 11.3 Å². The van der Waals surface area contributed by atoms with Crippen molar-refractivity contribution in [2.45, 2.75) is 25.7 Å². The summed E-state index contributed by atoms with van der Waals surface area (Å²) >= 11 is 1.54. The molecule has 2 aliphatic rings. The number of thiophene rings is 1. The predicted octanol–water partition coefficient (Wildman–Crippen LogP) is 1.77. The Labute approximate surface area is 128 Å². The van der Waals surface area contributed by atoms with E-state index in [1.165, 1.54) is 16.9 Å². The average molecular weight is 305 g/mol. The van der Waals surface area contributed by atoms with Crippen LogP contribution in [0.1, 0.15) is 28.2 Å². The van der Waals surface area contributed by atoms with Gasteiger partial charge in [-0.05, 0) is 31.2 Å². The molecule has 6 heteroatoms. The Kier molecular flexibility index (Phi) is 4.54. The third kappa shape index (κ3) is 3.26. The van der Waals surface area contributed by atoms with Crippen molar-refractivity contribution in [3.8, 4) is 6.07 Å². The van der Waals surface area contributed by atoms with Gasteiger partial charge in [-0.25, -0.2) is 0 Å². The maximum atomic E-state index is 12.2. The van der Waals surface area contributed by atoms with E-state index in [1.54, 1.807) is 11.3 Å². The predicted molar refractivity (Wildman–Crippen MR) is 81.6 cm³/mol. The molecular formula is C15H19N3O2S. The SMILES string of the molecule is N#Cc1sc2c(c1NC(=O)CN1CCOCC1)CCCC2. The van der Waals surface area contributed by atoms with Crippen LogP contribution in [0.4, 0.5) is 5.69 Å². The van der Waals surface area contributed by atoms with Gasteiger partial charge in [-0.15, -0.1) is 11.3 Å². The molecule has 0 aromatic carbocycles. The summed E-state index contributed by atoms with van der Waals surface area (Å²) in [5, 5.41) is 12.3. The third-order valence-corrected chi connectivity index (χ3v) is 5.20. The van der Waals surface area contributed by atoms with Crippen molar-refractivity contribution in [2.75, 3.05) is 38.2 Å². The molecule has 0 unspecified atom stereocenters. The Morgan fingerprint density at radius 2 is 2.10 bits per heavy atom. The number of amides is 1. The molecule has 1 aliphatic carbocycles. The van der Waals surface area contributed by atoms with E-state index in [2.05, 4.69) is 16.3 Å². The number of aryl methyl sites for hydroxylation is 1. The Morgan fingerprint density at radius 1 is 1.33 bits per heavy atom. The van der Waals surface area contributed by atoms with Crippen LogP contribution in [0.3, 0.4) is 0 Å². The van der Waals surface area contributed by atoms with E-state index in [-0.39, 0.29) is 5.91 Å². The van der Waals surface area contributed by atoms with Crippen LogP contribution in [0.5, 0.6) is 0 Å². The number of ether oxygens (including phenoxy) is 1. The number of morpholine rings is 1. The smallest absolute Gasteiger partial charge is 0.238 e. The molecule has 5 nitrogen and oxygen atoms in total. The van der Waals surface area contributed by atoms with E-state index in [4.69, 9.17) is 4.74 Å². The lowest BCUT2D eigenvalue weighted by Gasteiger charge is -2.25. The van der Waals surface area contributed by atoms with E-state index in [9.17, 15) is 10.1 Å². The number of fused-ring (bicyclic) bond motifs is 1. The first-order chi connectivity index (χ1) is 10.3. The quantitative estimate of drug-likeness (QED) is 0.924. The van der Waals surface area contributed by atoms with Crippen molar-refractivity contribution in [1.82, 2.24) is 4.90 Å². The minimum atomic E-state index is -0.0282. The first-order valence-corrected chi connectivity index (χ1v) is 8.24. The van der Waals surface area contributed by atoms with Gasteiger partial charge in [0.2, 0.25) is 5.91 Å². The Morgan fingerprint density at radius 3 is 2.86 bits per heavy atom. The number of anilines is 1. The minimum Gasteiger partial charge on any atom is -0.379 e. The summed E-state index contributed by atoms with van der Waals surface area (Å²) in [6.07, 6.45) is 4.33. The van der Waals surface area contributed by atoms with Gasteiger partial charge in [-0.3, -0.25) is 9.69 Å². The lowest BCUT2D eigenvalue weighted by molar-refractivity contribution is -0.118. The second kappa shape index (κ2) is 6.56. The van der Waals surface area contributed by atoms with E-state index in [0.717, 1.165) is 38.0 Å². The number of nitrogens with one attached hydrogen (secondary N) is 1. The fourth-order valence-electron chi connectivity index (χ4n) is 2.92. The molecule has 0 bridgehead atoms. The Bertz CT molecular complexity index is 570. The molecule has 1 amide bonds. The summed E-state index contributed by atoms with van der Waals surface area (Å²) in [5.41, 5.74) is 1.97. The highest BCUT2D eigenvalue weighted by molar-refractivity contribution is 7.13. The van der Waals surface area contributed by atoms with Crippen molar-refractivity contribution in [3.63, 3.8) is 0 Å². The summed E-state index contributed by atoms with van der Waals surface area (Å²) < 4.78 is 5.28. The number of carbonyl (C=O) groups excluding carboxylic acids is 1. The zero-order chi connectivity index (χ0) is 14.7. The van der Waals surface area contributed by atoms with Crippen LogP contribution < -0.4 is 5.32 Å². The lowest BCUT2D eigenvalue weighted by atomic mass is 9.97. The number of carbonyl (C=O) groups is 1. The second-order valence-electron chi connectivity index (χ2n) is 5.46. The highest BCUT2D eigenvalue weighted by atomic mass is 32.1. The van der Waals surface area contributed by atoms with Gasteiger partial charge >= 0.3 is 0 Å².